The van der Waals surface area contributed by atoms with E-state index in [0.717, 1.165) is 15.4 Å². The van der Waals surface area contributed by atoms with Crippen LogP contribution in [-0.2, 0) is 30.3 Å². The van der Waals surface area contributed by atoms with Crippen LogP contribution in [0.15, 0.2) is 36.5 Å². The van der Waals surface area contributed by atoms with Gasteiger partial charge < -0.3 is 45.8 Å². The molecule has 5 rings (SSSR count). The number of hydrogen-bond acceptors (Lipinski definition) is 15. The van der Waals surface area contributed by atoms with E-state index in [1.165, 1.54) is 21.3 Å². The largest absolute Gasteiger partial charge is 0.493 e. The van der Waals surface area contributed by atoms with Gasteiger partial charge in [0.1, 0.15) is 11.9 Å². The molecule has 18 heteroatoms. The van der Waals surface area contributed by atoms with E-state index in [0.29, 0.717) is 86.7 Å². The molecule has 2 aliphatic rings. The molecular formula is C37H46N8O10. The van der Waals surface area contributed by atoms with Crippen LogP contribution in [0.4, 0.5) is 17.5 Å². The Labute approximate surface area is 317 Å². The molecule has 1 aromatic heterocycles. The van der Waals surface area contributed by atoms with E-state index in [2.05, 4.69) is 20.6 Å². The van der Waals surface area contributed by atoms with Gasteiger partial charge in [0, 0.05) is 56.8 Å². The van der Waals surface area contributed by atoms with Crippen LogP contribution in [0.1, 0.15) is 57.5 Å². The molecule has 2 aliphatic heterocycles. The van der Waals surface area contributed by atoms with Crippen LogP contribution in [-0.4, -0.2) is 123 Å². The lowest BCUT2D eigenvalue weighted by Crippen LogP contribution is -2.54. The number of nitrogens with two attached hydrogens (primary N) is 2. The Balaban J connectivity index is 0.939. The minimum Gasteiger partial charge on any atom is -0.493 e. The van der Waals surface area contributed by atoms with Crippen LogP contribution >= 0.6 is 0 Å². The van der Waals surface area contributed by atoms with Crippen LogP contribution in [0.25, 0.3) is 0 Å². The molecule has 3 aromatic rings. The average Bonchev–Trinajstić information content (AvgIpc) is 3.43. The molecule has 0 radical (unpaired) electrons. The van der Waals surface area contributed by atoms with Gasteiger partial charge in [-0.05, 0) is 42.7 Å². The summed E-state index contributed by atoms with van der Waals surface area (Å²) in [6.45, 7) is 2.13. The Hall–Kier alpha value is -6.01. The van der Waals surface area contributed by atoms with Gasteiger partial charge in [-0.25, -0.2) is 4.98 Å². The maximum atomic E-state index is 13.3. The summed E-state index contributed by atoms with van der Waals surface area (Å²) >= 11 is 0. The Morgan fingerprint density at radius 3 is 2.35 bits per heavy atom. The highest BCUT2D eigenvalue weighted by Crippen LogP contribution is 2.39. The zero-order valence-corrected chi connectivity index (χ0v) is 31.1. The number of likely N-dealkylation sites (N-methyl/N-ethyl adjacent to an activating group) is 1. The molecule has 1 atom stereocenters. The number of aromatic nitrogens is 2. The second-order valence-electron chi connectivity index (χ2n) is 12.7. The van der Waals surface area contributed by atoms with E-state index >= 15 is 0 Å². The predicted molar refractivity (Wildman–Crippen MR) is 199 cm³/mol. The van der Waals surface area contributed by atoms with Gasteiger partial charge in [0.15, 0.2) is 11.5 Å². The summed E-state index contributed by atoms with van der Waals surface area (Å²) in [6.07, 6.45) is 2.87. The lowest BCUT2D eigenvalue weighted by Gasteiger charge is -2.32. The molecule has 0 saturated carbocycles. The molecule has 2 aromatic carbocycles. The van der Waals surface area contributed by atoms with Crippen molar-refractivity contribution in [2.24, 2.45) is 0 Å². The van der Waals surface area contributed by atoms with Gasteiger partial charge in [0.05, 0.1) is 58.4 Å². The van der Waals surface area contributed by atoms with Crippen LogP contribution in [0.3, 0.4) is 0 Å². The minimum atomic E-state index is -1.02. The van der Waals surface area contributed by atoms with Crippen molar-refractivity contribution in [2.45, 2.75) is 38.1 Å². The summed E-state index contributed by atoms with van der Waals surface area (Å²) in [4.78, 5) is 73.3. The van der Waals surface area contributed by atoms with Gasteiger partial charge in [-0.2, -0.15) is 4.98 Å². The number of nitrogen functional groups attached to an aromatic ring is 2. The number of amides is 5. The third-order valence-corrected chi connectivity index (χ3v) is 9.01. The van der Waals surface area contributed by atoms with Gasteiger partial charge in [0.2, 0.25) is 23.5 Å². The highest BCUT2D eigenvalue weighted by Gasteiger charge is 2.47. The van der Waals surface area contributed by atoms with Crippen molar-refractivity contribution in [1.29, 1.82) is 0 Å². The molecule has 3 heterocycles. The zero-order valence-electron chi connectivity index (χ0n) is 31.1. The monoisotopic (exact) mass is 762 g/mol. The quantitative estimate of drug-likeness (QED) is 0.0940. The first kappa shape index (κ1) is 40.2. The Bertz CT molecular complexity index is 1880. The third kappa shape index (κ3) is 9.76. The number of nitrogens with zero attached hydrogens (tertiary/aromatic N) is 4. The lowest BCUT2D eigenvalue weighted by atomic mass is 10.0. The molecule has 55 heavy (non-hydrogen) atoms. The molecule has 5 amide bonds. The summed E-state index contributed by atoms with van der Waals surface area (Å²) in [6, 6.07) is 7.49. The number of rotatable bonds is 20. The van der Waals surface area contributed by atoms with Gasteiger partial charge in [0.25, 0.3) is 17.7 Å². The number of hydrogen-bond donors (Lipinski definition) is 4. The number of carbonyl (C=O) groups excluding carboxylic acids is 5. The molecule has 0 aliphatic carbocycles. The molecule has 1 saturated heterocycles. The number of ether oxygens (including phenoxy) is 5. The summed E-state index contributed by atoms with van der Waals surface area (Å²) < 4.78 is 28.2. The number of carbonyl (C=O) groups is 5. The van der Waals surface area contributed by atoms with Crippen LogP contribution in [0, 0.1) is 0 Å². The van der Waals surface area contributed by atoms with E-state index in [1.807, 2.05) is 12.1 Å². The standard InChI is InChI=1S/C37H46N8O10/c1-44-30(47)10-9-26(35(44)49)45-34(48)24-6-4-7-25(31(24)36(45)50)40-11-14-53-16-17-54-15-12-41-29(46)8-5-13-55-32-27(51-2)19-22(20-28(32)52-3)18-23-21-42-37(39)43-33(23)38/h4,6-7,19-21,26,40H,5,8-18H2,1-3H3,(H,41,46)(H4,38,39,42,43). The smallest absolute Gasteiger partial charge is 0.264 e. The maximum absolute atomic E-state index is 13.3. The molecule has 1 unspecified atom stereocenters. The van der Waals surface area contributed by atoms with Crippen molar-refractivity contribution in [3.8, 4) is 17.2 Å². The fourth-order valence-corrected chi connectivity index (χ4v) is 6.18. The van der Waals surface area contributed by atoms with Crippen LogP contribution in [0.2, 0.25) is 0 Å². The number of methoxy groups -OCH3 is 2. The van der Waals surface area contributed by atoms with Gasteiger partial charge in [-0.3, -0.25) is 33.8 Å². The Morgan fingerprint density at radius 1 is 0.945 bits per heavy atom. The summed E-state index contributed by atoms with van der Waals surface area (Å²) in [5, 5.41) is 5.94. The second-order valence-corrected chi connectivity index (χ2v) is 12.7. The van der Waals surface area contributed by atoms with E-state index in [-0.39, 0.29) is 54.8 Å². The molecule has 18 nitrogen and oxygen atoms in total. The number of anilines is 3. The Morgan fingerprint density at radius 2 is 1.65 bits per heavy atom. The molecule has 0 bridgehead atoms. The summed E-state index contributed by atoms with van der Waals surface area (Å²) in [5.41, 5.74) is 14.0. The van der Waals surface area contributed by atoms with Crippen LogP contribution < -0.4 is 36.3 Å². The summed E-state index contributed by atoms with van der Waals surface area (Å²) in [7, 11) is 4.41. The Kier molecular flexibility index (Phi) is 13.8. The molecule has 6 N–H and O–H groups in total. The molecule has 1 fully saturated rings. The normalized spacial score (nSPS) is 15.3. The van der Waals surface area contributed by atoms with Crippen molar-refractivity contribution >= 4 is 47.0 Å². The number of imide groups is 2. The molecule has 0 spiro atoms. The third-order valence-electron chi connectivity index (χ3n) is 9.01. The summed E-state index contributed by atoms with van der Waals surface area (Å²) in [5.74, 6) is -0.439. The zero-order chi connectivity index (χ0) is 39.5. The van der Waals surface area contributed by atoms with Crippen LogP contribution in [0.5, 0.6) is 17.2 Å². The highest BCUT2D eigenvalue weighted by atomic mass is 16.5. The fraction of sp³-hybridized carbons (Fsp3) is 0.432. The first-order valence-electron chi connectivity index (χ1n) is 17.8. The number of benzene rings is 2. The fourth-order valence-electron chi connectivity index (χ4n) is 6.18. The van der Waals surface area contributed by atoms with Gasteiger partial charge in [-0.1, -0.05) is 6.07 Å². The van der Waals surface area contributed by atoms with Gasteiger partial charge >= 0.3 is 0 Å². The minimum absolute atomic E-state index is 0.0738. The number of piperidine rings is 1. The average molecular weight is 763 g/mol. The maximum Gasteiger partial charge on any atom is 0.264 e. The molecule has 294 valence electrons. The van der Waals surface area contributed by atoms with Gasteiger partial charge in [-0.15, -0.1) is 0 Å². The number of likely N-dealkylation sites (tertiary alicyclic amines) is 1. The predicted octanol–water partition coefficient (Wildman–Crippen LogP) is 1.41. The van der Waals surface area contributed by atoms with Crippen molar-refractivity contribution in [1.82, 2.24) is 25.1 Å². The van der Waals surface area contributed by atoms with Crippen molar-refractivity contribution < 1.29 is 47.7 Å². The number of fused-ring (bicyclic) bond motifs is 1. The van der Waals surface area contributed by atoms with E-state index in [9.17, 15) is 24.0 Å². The van der Waals surface area contributed by atoms with Crippen molar-refractivity contribution in [3.05, 3.63) is 58.8 Å². The SMILES string of the molecule is COc1cc(Cc2cnc(N)nc2N)cc(OC)c1OCCCC(=O)NCCOCCOCCNc1cccc2c1C(=O)N(C1CCC(=O)N(C)C1=O)C2=O. The van der Waals surface area contributed by atoms with E-state index in [4.69, 9.17) is 35.2 Å². The van der Waals surface area contributed by atoms with Crippen molar-refractivity contribution in [3.63, 3.8) is 0 Å². The second kappa shape index (κ2) is 18.8. The number of nitrogens with one attached hydrogen (secondary N) is 2. The van der Waals surface area contributed by atoms with Crippen molar-refractivity contribution in [2.75, 3.05) is 84.2 Å². The first-order chi connectivity index (χ1) is 26.5. The first-order valence-corrected chi connectivity index (χ1v) is 17.8. The molecular weight excluding hydrogens is 716 g/mol. The topological polar surface area (TPSA) is 240 Å². The highest BCUT2D eigenvalue weighted by molar-refractivity contribution is 6.25. The van der Waals surface area contributed by atoms with E-state index in [1.54, 1.807) is 24.4 Å². The van der Waals surface area contributed by atoms with E-state index < -0.39 is 23.8 Å². The lowest BCUT2D eigenvalue weighted by molar-refractivity contribution is -0.149.